The number of amides is 2. The number of hydrogen-bond donors (Lipinski definition) is 2. The van der Waals surface area contributed by atoms with Gasteiger partial charge in [0.05, 0.1) is 39.3 Å². The molecule has 192 valence electrons. The predicted octanol–water partition coefficient (Wildman–Crippen LogP) is 3.42. The first kappa shape index (κ1) is 23.8. The number of nitrogens with one attached hydrogen (secondary N) is 2. The van der Waals surface area contributed by atoms with Crippen LogP contribution in [0.3, 0.4) is 0 Å². The number of likely N-dealkylation sites (tertiary alicyclic amines) is 1. The first-order chi connectivity index (χ1) is 17.8. The van der Waals surface area contributed by atoms with E-state index in [1.165, 1.54) is 37.0 Å². The number of pyridine rings is 1. The van der Waals surface area contributed by atoms with Crippen LogP contribution in [0.2, 0.25) is 0 Å². The number of anilines is 1. The molecule has 4 aromatic heterocycles. The van der Waals surface area contributed by atoms with E-state index in [-0.39, 0.29) is 11.8 Å². The Kier molecular flexibility index (Phi) is 5.84. The second kappa shape index (κ2) is 9.07. The highest BCUT2D eigenvalue weighted by Gasteiger charge is 2.50. The topological polar surface area (TPSA) is 109 Å². The molecule has 0 unspecified atom stereocenters. The van der Waals surface area contributed by atoms with Gasteiger partial charge in [0.1, 0.15) is 4.83 Å². The molecule has 2 fully saturated rings. The summed E-state index contributed by atoms with van der Waals surface area (Å²) in [6.07, 6.45) is 12.1. The molecule has 0 bridgehead atoms. The Hall–Kier alpha value is -3.57. The molecule has 11 heteroatoms. The molecule has 1 spiro atoms. The van der Waals surface area contributed by atoms with Crippen molar-refractivity contribution in [2.24, 2.45) is 7.05 Å². The second-order valence-electron chi connectivity index (χ2n) is 10.1. The Morgan fingerprint density at radius 1 is 1.11 bits per heavy atom. The summed E-state index contributed by atoms with van der Waals surface area (Å²) < 4.78 is 3.48. The fourth-order valence-corrected chi connectivity index (χ4v) is 6.46. The number of nitrogens with zero attached hydrogens (tertiary/aromatic N) is 6. The van der Waals surface area contributed by atoms with Crippen molar-refractivity contribution in [1.29, 1.82) is 0 Å². The van der Waals surface area contributed by atoms with Gasteiger partial charge in [-0.1, -0.05) is 0 Å². The Labute approximate surface area is 218 Å². The van der Waals surface area contributed by atoms with Gasteiger partial charge in [0.2, 0.25) is 0 Å². The maximum atomic E-state index is 13.2. The number of fused-ring (bicyclic) bond motifs is 1. The van der Waals surface area contributed by atoms with Crippen LogP contribution in [0.25, 0.3) is 15.3 Å². The van der Waals surface area contributed by atoms with Crippen LogP contribution in [-0.4, -0.2) is 66.3 Å². The lowest BCUT2D eigenvalue weighted by Crippen LogP contribution is -2.38. The van der Waals surface area contributed by atoms with Gasteiger partial charge in [0.25, 0.3) is 11.8 Å². The van der Waals surface area contributed by atoms with Crippen LogP contribution in [-0.2, 0) is 7.05 Å². The molecule has 1 saturated heterocycles. The third-order valence-electron chi connectivity index (χ3n) is 7.55. The van der Waals surface area contributed by atoms with E-state index in [0.29, 0.717) is 34.6 Å². The molecular formula is C26H30N8O2S. The monoisotopic (exact) mass is 518 g/mol. The number of carbonyl (C=O) groups excluding carboxylic acids is 2. The summed E-state index contributed by atoms with van der Waals surface area (Å²) in [6.45, 7) is 6.35. The molecule has 0 aromatic carbocycles. The number of hydrogen-bond acceptors (Lipinski definition) is 7. The highest BCUT2D eigenvalue weighted by atomic mass is 32.1. The summed E-state index contributed by atoms with van der Waals surface area (Å²) in [4.78, 5) is 34.6. The number of carbonyl (C=O) groups is 2. The highest BCUT2D eigenvalue weighted by molar-refractivity contribution is 7.21. The normalized spacial score (nSPS) is 16.5. The van der Waals surface area contributed by atoms with Gasteiger partial charge in [0, 0.05) is 49.8 Å². The van der Waals surface area contributed by atoms with Crippen LogP contribution in [0.4, 0.5) is 5.69 Å². The van der Waals surface area contributed by atoms with Crippen molar-refractivity contribution in [3.63, 3.8) is 0 Å². The van der Waals surface area contributed by atoms with Gasteiger partial charge in [-0.05, 0) is 52.1 Å². The van der Waals surface area contributed by atoms with E-state index in [9.17, 15) is 9.59 Å². The molecule has 0 atom stereocenters. The van der Waals surface area contributed by atoms with Crippen LogP contribution >= 0.6 is 11.3 Å². The van der Waals surface area contributed by atoms with Crippen molar-refractivity contribution in [2.75, 3.05) is 25.0 Å². The zero-order chi connectivity index (χ0) is 25.7. The smallest absolute Gasteiger partial charge is 0.260 e. The summed E-state index contributed by atoms with van der Waals surface area (Å²) >= 11 is 1.49. The van der Waals surface area contributed by atoms with Crippen LogP contribution in [0.1, 0.15) is 57.8 Å². The van der Waals surface area contributed by atoms with Crippen molar-refractivity contribution in [3.8, 4) is 10.4 Å². The number of aryl methyl sites for hydroxylation is 3. The summed E-state index contributed by atoms with van der Waals surface area (Å²) in [7, 11) is 1.88. The Morgan fingerprint density at radius 3 is 2.70 bits per heavy atom. The lowest BCUT2D eigenvalue weighted by Gasteiger charge is -2.23. The SMILES string of the molecule is Cc1ncc(C(=O)NCCN2CCCC23CC3)cc1NC(=O)c1cnn2cc(-c3cn(C)nc3C)sc12. The maximum Gasteiger partial charge on any atom is 0.260 e. The van der Waals surface area contributed by atoms with Crippen molar-refractivity contribution < 1.29 is 9.59 Å². The molecule has 2 amide bonds. The van der Waals surface area contributed by atoms with Crippen molar-refractivity contribution in [2.45, 2.75) is 45.1 Å². The molecule has 5 heterocycles. The fourth-order valence-electron chi connectivity index (χ4n) is 5.34. The van der Waals surface area contributed by atoms with Gasteiger partial charge in [-0.2, -0.15) is 10.2 Å². The molecular weight excluding hydrogens is 488 g/mol. The largest absolute Gasteiger partial charge is 0.351 e. The van der Waals surface area contributed by atoms with E-state index in [4.69, 9.17) is 0 Å². The number of thiazole rings is 1. The summed E-state index contributed by atoms with van der Waals surface area (Å²) in [6, 6.07) is 1.69. The standard InChI is InChI=1S/C26H30N8O2S/c1-16-20(14-32(3)31-16)22-15-34-25(37-22)19(13-29-34)24(36)30-21-11-18(12-28-17(21)2)23(35)27-8-10-33-9-4-5-26(33)6-7-26/h11-15H,4-10H2,1-3H3,(H,27,35)(H,30,36). The minimum absolute atomic E-state index is 0.185. The fraction of sp³-hybridized carbons (Fsp3) is 0.423. The van der Waals surface area contributed by atoms with Gasteiger partial charge < -0.3 is 10.6 Å². The third kappa shape index (κ3) is 4.42. The Morgan fingerprint density at radius 2 is 1.95 bits per heavy atom. The molecule has 1 aliphatic heterocycles. The van der Waals surface area contributed by atoms with E-state index in [1.54, 1.807) is 27.7 Å². The van der Waals surface area contributed by atoms with Gasteiger partial charge in [-0.15, -0.1) is 11.3 Å². The summed E-state index contributed by atoms with van der Waals surface area (Å²) in [5.41, 5.74) is 4.39. The molecule has 1 aliphatic carbocycles. The number of aromatic nitrogens is 5. The van der Waals surface area contributed by atoms with Crippen LogP contribution < -0.4 is 10.6 Å². The van der Waals surface area contributed by atoms with Gasteiger partial charge in [-0.3, -0.25) is 24.2 Å². The molecule has 6 rings (SSSR count). The van der Waals surface area contributed by atoms with E-state index in [1.807, 2.05) is 33.3 Å². The first-order valence-corrected chi connectivity index (χ1v) is 13.4. The average molecular weight is 519 g/mol. The van der Waals surface area contributed by atoms with Gasteiger partial charge in [-0.25, -0.2) is 4.52 Å². The number of rotatable bonds is 7. The zero-order valence-electron chi connectivity index (χ0n) is 21.2. The Balaban J connectivity index is 1.14. The van der Waals surface area contributed by atoms with Gasteiger partial charge in [0.15, 0.2) is 0 Å². The molecule has 37 heavy (non-hydrogen) atoms. The maximum absolute atomic E-state index is 13.2. The van der Waals surface area contributed by atoms with E-state index in [0.717, 1.165) is 34.1 Å². The van der Waals surface area contributed by atoms with E-state index < -0.39 is 0 Å². The molecule has 10 nitrogen and oxygen atoms in total. The highest BCUT2D eigenvalue weighted by Crippen LogP contribution is 2.49. The minimum atomic E-state index is -0.294. The molecule has 0 radical (unpaired) electrons. The quantitative estimate of drug-likeness (QED) is 0.388. The van der Waals surface area contributed by atoms with Crippen molar-refractivity contribution in [1.82, 2.24) is 34.6 Å². The van der Waals surface area contributed by atoms with Crippen LogP contribution in [0, 0.1) is 13.8 Å². The molecule has 1 saturated carbocycles. The predicted molar refractivity (Wildman–Crippen MR) is 142 cm³/mol. The van der Waals surface area contributed by atoms with E-state index >= 15 is 0 Å². The average Bonchev–Trinajstić information content (AvgIpc) is 3.15. The summed E-state index contributed by atoms with van der Waals surface area (Å²) in [5, 5.41) is 14.7. The lowest BCUT2D eigenvalue weighted by molar-refractivity contribution is 0.0944. The first-order valence-electron chi connectivity index (χ1n) is 12.6. The second-order valence-corrected chi connectivity index (χ2v) is 11.1. The van der Waals surface area contributed by atoms with Gasteiger partial charge >= 0.3 is 0 Å². The minimum Gasteiger partial charge on any atom is -0.351 e. The molecule has 4 aromatic rings. The van der Waals surface area contributed by atoms with Crippen LogP contribution in [0.5, 0.6) is 0 Å². The zero-order valence-corrected chi connectivity index (χ0v) is 22.1. The molecule has 2 N–H and O–H groups in total. The lowest BCUT2D eigenvalue weighted by atomic mass is 10.2. The Bertz CT molecular complexity index is 1510. The van der Waals surface area contributed by atoms with E-state index in [2.05, 4.69) is 30.7 Å². The van der Waals surface area contributed by atoms with Crippen LogP contribution in [0.15, 0.2) is 30.9 Å². The summed E-state index contributed by atoms with van der Waals surface area (Å²) in [5.74, 6) is -0.479. The van der Waals surface area contributed by atoms with Crippen molar-refractivity contribution in [3.05, 3.63) is 53.4 Å². The third-order valence-corrected chi connectivity index (χ3v) is 8.70. The van der Waals surface area contributed by atoms with Crippen molar-refractivity contribution >= 4 is 33.7 Å². The molecule has 2 aliphatic rings.